The van der Waals surface area contributed by atoms with Gasteiger partial charge < -0.3 is 5.32 Å². The molecular formula is C14H12Cl2N4S. The summed E-state index contributed by atoms with van der Waals surface area (Å²) < 4.78 is 3.15. The van der Waals surface area contributed by atoms with Crippen LogP contribution in [0.4, 0.5) is 5.69 Å². The Kier molecular flexibility index (Phi) is 4.24. The number of benzene rings is 1. The molecule has 1 atom stereocenters. The Morgan fingerprint density at radius 2 is 2.05 bits per heavy atom. The van der Waals surface area contributed by atoms with Crippen molar-refractivity contribution in [2.45, 2.75) is 17.9 Å². The third-order valence-corrected chi connectivity index (χ3v) is 4.55. The van der Waals surface area contributed by atoms with Gasteiger partial charge in [-0.3, -0.25) is 9.71 Å². The van der Waals surface area contributed by atoms with Gasteiger partial charge in [0.15, 0.2) is 0 Å². The van der Waals surface area contributed by atoms with Crippen LogP contribution in [0.25, 0.3) is 0 Å². The van der Waals surface area contributed by atoms with Gasteiger partial charge in [0.2, 0.25) is 5.96 Å². The molecule has 2 N–H and O–H groups in total. The summed E-state index contributed by atoms with van der Waals surface area (Å²) in [7, 11) is 0. The lowest BCUT2D eigenvalue weighted by molar-refractivity contribution is 0.779. The molecule has 2 heterocycles. The first-order valence-corrected chi connectivity index (χ1v) is 7.88. The van der Waals surface area contributed by atoms with Crippen molar-refractivity contribution in [1.29, 1.82) is 0 Å². The molecule has 0 bridgehead atoms. The van der Waals surface area contributed by atoms with Crippen LogP contribution in [-0.2, 0) is 0 Å². The molecule has 0 saturated carbocycles. The largest absolute Gasteiger partial charge is 0.325 e. The van der Waals surface area contributed by atoms with Crippen LogP contribution in [0.3, 0.4) is 0 Å². The Balaban J connectivity index is 1.82. The summed E-state index contributed by atoms with van der Waals surface area (Å²) in [5.41, 5.74) is 1.80. The van der Waals surface area contributed by atoms with Crippen LogP contribution in [0.2, 0.25) is 10.0 Å². The van der Waals surface area contributed by atoms with E-state index in [-0.39, 0.29) is 6.04 Å². The fourth-order valence-electron chi connectivity index (χ4n) is 1.91. The molecule has 4 nitrogen and oxygen atoms in total. The number of rotatable bonds is 2. The lowest BCUT2D eigenvalue weighted by Gasteiger charge is -2.22. The zero-order chi connectivity index (χ0) is 14.8. The summed E-state index contributed by atoms with van der Waals surface area (Å²) in [5, 5.41) is 4.26. The second-order valence-corrected chi connectivity index (χ2v) is 6.16. The zero-order valence-electron chi connectivity index (χ0n) is 11.1. The smallest absolute Gasteiger partial charge is 0.206 e. The summed E-state index contributed by atoms with van der Waals surface area (Å²) in [5.74, 6) is 0.670. The molecule has 2 aromatic rings. The molecule has 7 heteroatoms. The fraction of sp³-hybridized carbons (Fsp3) is 0.143. The predicted molar refractivity (Wildman–Crippen MR) is 89.2 cm³/mol. The number of hydrogen-bond donors (Lipinski definition) is 2. The number of pyridine rings is 1. The molecule has 1 aliphatic heterocycles. The lowest BCUT2D eigenvalue weighted by Crippen LogP contribution is -2.29. The minimum Gasteiger partial charge on any atom is -0.325 e. The minimum atomic E-state index is -0.0499. The fourth-order valence-corrected chi connectivity index (χ4v) is 3.01. The number of nitrogens with one attached hydrogen (secondary N) is 2. The van der Waals surface area contributed by atoms with Crippen LogP contribution < -0.4 is 10.0 Å². The average molecular weight is 339 g/mol. The SMILES string of the molecule is CC(N=C1NSc2cc(Cl)c(Cl)cc2N1)c1ccccn1. The molecule has 0 aliphatic carbocycles. The molecule has 0 fully saturated rings. The van der Waals surface area contributed by atoms with Crippen molar-refractivity contribution in [2.24, 2.45) is 4.99 Å². The maximum Gasteiger partial charge on any atom is 0.206 e. The number of guanidine groups is 1. The first kappa shape index (κ1) is 14.5. The number of halogens is 2. The van der Waals surface area contributed by atoms with Gasteiger partial charge in [-0.1, -0.05) is 29.3 Å². The van der Waals surface area contributed by atoms with Crippen molar-refractivity contribution in [3.63, 3.8) is 0 Å². The Morgan fingerprint density at radius 1 is 1.24 bits per heavy atom. The molecule has 108 valence electrons. The van der Waals surface area contributed by atoms with Crippen LogP contribution in [0.1, 0.15) is 18.7 Å². The van der Waals surface area contributed by atoms with E-state index in [0.717, 1.165) is 16.3 Å². The van der Waals surface area contributed by atoms with Crippen molar-refractivity contribution < 1.29 is 0 Å². The van der Waals surface area contributed by atoms with Gasteiger partial charge in [-0.2, -0.15) is 0 Å². The maximum absolute atomic E-state index is 6.04. The van der Waals surface area contributed by atoms with Gasteiger partial charge in [-0.15, -0.1) is 0 Å². The highest BCUT2D eigenvalue weighted by atomic mass is 35.5. The van der Waals surface area contributed by atoms with Crippen LogP contribution >= 0.6 is 35.1 Å². The Morgan fingerprint density at radius 3 is 2.81 bits per heavy atom. The number of aromatic nitrogens is 1. The zero-order valence-corrected chi connectivity index (χ0v) is 13.4. The van der Waals surface area contributed by atoms with Gasteiger partial charge in [0, 0.05) is 6.20 Å². The molecule has 1 aromatic carbocycles. The Hall–Kier alpha value is -1.43. The molecule has 0 saturated heterocycles. The number of hydrogen-bond acceptors (Lipinski definition) is 3. The Bertz CT molecular complexity index is 691. The minimum absolute atomic E-state index is 0.0499. The first-order chi connectivity index (χ1) is 10.1. The molecule has 1 unspecified atom stereocenters. The van der Waals surface area contributed by atoms with Gasteiger partial charge >= 0.3 is 0 Å². The topological polar surface area (TPSA) is 49.3 Å². The standard InChI is InChI=1S/C14H12Cl2N4S/c1-8(11-4-2-3-5-17-11)18-14-19-12-6-9(15)10(16)7-13(12)21-20-14/h2-8H,1H3,(H2,18,19,20). The van der Waals surface area contributed by atoms with Crippen molar-refractivity contribution in [2.75, 3.05) is 5.32 Å². The van der Waals surface area contributed by atoms with E-state index in [4.69, 9.17) is 23.2 Å². The number of aliphatic imine (C=N–C) groups is 1. The Labute approximate surface area is 137 Å². The molecule has 0 amide bonds. The van der Waals surface area contributed by atoms with Crippen LogP contribution in [0.15, 0.2) is 46.4 Å². The van der Waals surface area contributed by atoms with E-state index in [0.29, 0.717) is 16.0 Å². The lowest BCUT2D eigenvalue weighted by atomic mass is 10.2. The van der Waals surface area contributed by atoms with E-state index in [9.17, 15) is 0 Å². The van der Waals surface area contributed by atoms with Gasteiger partial charge in [0.1, 0.15) is 0 Å². The summed E-state index contributed by atoms with van der Waals surface area (Å²) >= 11 is 13.5. The molecule has 0 radical (unpaired) electrons. The van der Waals surface area contributed by atoms with Gasteiger partial charge in [0.05, 0.1) is 32.4 Å². The third kappa shape index (κ3) is 3.26. The van der Waals surface area contributed by atoms with Crippen molar-refractivity contribution in [1.82, 2.24) is 9.71 Å². The van der Waals surface area contributed by atoms with E-state index < -0.39 is 0 Å². The average Bonchev–Trinajstić information content (AvgIpc) is 2.49. The number of nitrogens with zero attached hydrogens (tertiary/aromatic N) is 2. The van der Waals surface area contributed by atoms with Gasteiger partial charge in [0.25, 0.3) is 0 Å². The van der Waals surface area contributed by atoms with Gasteiger partial charge in [-0.05, 0) is 43.1 Å². The van der Waals surface area contributed by atoms with E-state index in [2.05, 4.69) is 20.0 Å². The van der Waals surface area contributed by atoms with E-state index in [1.54, 1.807) is 12.3 Å². The summed E-state index contributed by atoms with van der Waals surface area (Å²) in [4.78, 5) is 9.88. The summed E-state index contributed by atoms with van der Waals surface area (Å²) in [6.45, 7) is 1.99. The number of fused-ring (bicyclic) bond motifs is 1. The second-order valence-electron chi connectivity index (χ2n) is 4.50. The van der Waals surface area contributed by atoms with Crippen LogP contribution in [0.5, 0.6) is 0 Å². The highest BCUT2D eigenvalue weighted by molar-refractivity contribution is 7.98. The summed E-state index contributed by atoms with van der Waals surface area (Å²) in [6.07, 6.45) is 1.76. The van der Waals surface area contributed by atoms with E-state index in [1.807, 2.05) is 31.2 Å². The quantitative estimate of drug-likeness (QED) is 0.790. The van der Waals surface area contributed by atoms with Gasteiger partial charge in [-0.25, -0.2) is 4.99 Å². The van der Waals surface area contributed by atoms with Crippen molar-refractivity contribution in [3.8, 4) is 0 Å². The molecule has 1 aromatic heterocycles. The second kappa shape index (κ2) is 6.13. The van der Waals surface area contributed by atoms with Crippen molar-refractivity contribution in [3.05, 3.63) is 52.3 Å². The predicted octanol–water partition coefficient (Wildman–Crippen LogP) is 4.53. The molecular weight excluding hydrogens is 327 g/mol. The van der Waals surface area contributed by atoms with E-state index >= 15 is 0 Å². The first-order valence-electron chi connectivity index (χ1n) is 6.31. The van der Waals surface area contributed by atoms with Crippen molar-refractivity contribution >= 4 is 46.8 Å². The van der Waals surface area contributed by atoms with Crippen LogP contribution in [-0.4, -0.2) is 10.9 Å². The third-order valence-electron chi connectivity index (χ3n) is 2.97. The highest BCUT2D eigenvalue weighted by Crippen LogP contribution is 2.36. The molecule has 0 spiro atoms. The van der Waals surface area contributed by atoms with Crippen LogP contribution in [0, 0.1) is 0 Å². The summed E-state index contributed by atoms with van der Waals surface area (Å²) in [6, 6.07) is 9.36. The molecule has 21 heavy (non-hydrogen) atoms. The molecule has 1 aliphatic rings. The normalized spacial score (nSPS) is 16.8. The maximum atomic E-state index is 6.04. The number of anilines is 1. The molecule has 3 rings (SSSR count). The highest BCUT2D eigenvalue weighted by Gasteiger charge is 2.17. The van der Waals surface area contributed by atoms with E-state index in [1.165, 1.54) is 11.9 Å². The monoisotopic (exact) mass is 338 g/mol.